The molecule has 2 heterocycles. The normalized spacial score (nSPS) is 13.3. The van der Waals surface area contributed by atoms with Gasteiger partial charge in [0.25, 0.3) is 0 Å². The van der Waals surface area contributed by atoms with E-state index in [0.29, 0.717) is 17.5 Å². The largest absolute Gasteiger partial charge is 0.292 e. The standard InChI is InChI=1S/C84H55N5/c1-4-17-54(18-5-1)55-37-43-62(44-38-55)81-86-82(88-83(87-81)73-29-15-22-59-21-10-11-27-68(59)73)63-45-39-57(40-46-63)56-33-35-58(36-34-56)65-23-14-24-66(53-65)71-51-50-70(60-19-6-2-7-20-60)79-75-52-49-69(72-28-16-30-74(78(72)75)80(71)79)61-41-47-64(48-42-61)84-85-76-31-12-13-32-77(76)89(84)67-25-8-3-9-26-67/h1-52,65H,53H2. The van der Waals surface area contributed by atoms with Crippen LogP contribution in [0.2, 0.25) is 0 Å². The molecule has 0 fully saturated rings. The van der Waals surface area contributed by atoms with Crippen molar-refractivity contribution < 1.29 is 0 Å². The summed E-state index contributed by atoms with van der Waals surface area (Å²) < 4.78 is 2.27. The van der Waals surface area contributed by atoms with Crippen LogP contribution in [0.5, 0.6) is 0 Å². The average Bonchev–Trinajstić information content (AvgIpc) is 1.59. The Balaban J connectivity index is 0.668. The second-order valence-electron chi connectivity index (χ2n) is 23.2. The van der Waals surface area contributed by atoms with Gasteiger partial charge in [-0.25, -0.2) is 19.9 Å². The Morgan fingerprint density at radius 1 is 0.315 bits per heavy atom. The van der Waals surface area contributed by atoms with Crippen LogP contribution in [0.3, 0.4) is 0 Å². The van der Waals surface area contributed by atoms with Gasteiger partial charge in [-0.15, -0.1) is 0 Å². The molecule has 0 bridgehead atoms. The van der Waals surface area contributed by atoms with Crippen LogP contribution in [0.15, 0.2) is 315 Å². The van der Waals surface area contributed by atoms with Crippen molar-refractivity contribution in [2.75, 3.05) is 0 Å². The lowest BCUT2D eigenvalue weighted by Crippen LogP contribution is -2.02. The van der Waals surface area contributed by atoms with Crippen molar-refractivity contribution in [1.29, 1.82) is 0 Å². The van der Waals surface area contributed by atoms with Gasteiger partial charge in [0.05, 0.1) is 11.0 Å². The molecule has 0 saturated carbocycles. The summed E-state index contributed by atoms with van der Waals surface area (Å²) in [6.07, 6.45) is 7.86. The average molecular weight is 1130 g/mol. The maximum Gasteiger partial charge on any atom is 0.164 e. The predicted molar refractivity (Wildman–Crippen MR) is 368 cm³/mol. The third-order valence-electron chi connectivity index (χ3n) is 18.1. The molecule has 5 heteroatoms. The van der Waals surface area contributed by atoms with Crippen LogP contribution >= 0.6 is 0 Å². The second kappa shape index (κ2) is 21.7. The van der Waals surface area contributed by atoms with E-state index in [1.807, 2.05) is 6.07 Å². The van der Waals surface area contributed by atoms with Gasteiger partial charge in [-0.05, 0) is 136 Å². The number of benzene rings is 13. The molecule has 1 unspecified atom stereocenters. The van der Waals surface area contributed by atoms with Crippen molar-refractivity contribution >= 4 is 38.2 Å². The zero-order chi connectivity index (χ0) is 58.8. The van der Waals surface area contributed by atoms with Gasteiger partial charge in [-0.1, -0.05) is 291 Å². The fraction of sp³-hybridized carbons (Fsp3) is 0.0238. The van der Waals surface area contributed by atoms with Crippen LogP contribution in [0.25, 0.3) is 156 Å². The number of para-hydroxylation sites is 3. The fourth-order valence-corrected chi connectivity index (χ4v) is 13.7. The first-order valence-electron chi connectivity index (χ1n) is 30.5. The molecule has 0 radical (unpaired) electrons. The van der Waals surface area contributed by atoms with Crippen LogP contribution in [-0.4, -0.2) is 24.5 Å². The highest BCUT2D eigenvalue weighted by molar-refractivity contribution is 6.22. The molecule has 17 rings (SSSR count). The van der Waals surface area contributed by atoms with Crippen LogP contribution < -0.4 is 0 Å². The number of fused-ring (bicyclic) bond motifs is 5. The van der Waals surface area contributed by atoms with Crippen LogP contribution in [0.1, 0.15) is 23.5 Å². The van der Waals surface area contributed by atoms with Crippen molar-refractivity contribution in [1.82, 2.24) is 24.5 Å². The van der Waals surface area contributed by atoms with Crippen molar-refractivity contribution in [3.8, 4) is 118 Å². The number of aromatic nitrogens is 5. The highest BCUT2D eigenvalue weighted by Crippen LogP contribution is 2.56. The Hall–Kier alpha value is -11.7. The monoisotopic (exact) mass is 1130 g/mol. The first kappa shape index (κ1) is 51.7. The molecular weight excluding hydrogens is 1080 g/mol. The number of hydrogen-bond acceptors (Lipinski definition) is 4. The lowest BCUT2D eigenvalue weighted by Gasteiger charge is -2.23. The van der Waals surface area contributed by atoms with Gasteiger partial charge in [0.2, 0.25) is 0 Å². The molecule has 2 aliphatic carbocycles. The van der Waals surface area contributed by atoms with Crippen LogP contribution in [0, 0.1) is 0 Å². The Kier molecular flexibility index (Phi) is 12.6. The molecular formula is C84H55N5. The van der Waals surface area contributed by atoms with E-state index in [1.54, 1.807) is 0 Å². The van der Waals surface area contributed by atoms with E-state index < -0.39 is 0 Å². The number of nitrogens with zero attached hydrogens (tertiary/aromatic N) is 5. The van der Waals surface area contributed by atoms with Gasteiger partial charge in [0, 0.05) is 33.9 Å². The molecule has 0 spiro atoms. The molecule has 13 aromatic carbocycles. The number of imidazole rings is 1. The molecule has 2 aliphatic rings. The van der Waals surface area contributed by atoms with E-state index in [4.69, 9.17) is 19.9 Å². The molecule has 0 N–H and O–H groups in total. The molecule has 0 amide bonds. The summed E-state index contributed by atoms with van der Waals surface area (Å²) in [4.78, 5) is 20.6. The number of rotatable bonds is 11. The topological polar surface area (TPSA) is 56.5 Å². The fourth-order valence-electron chi connectivity index (χ4n) is 13.7. The summed E-state index contributed by atoms with van der Waals surface area (Å²) in [7, 11) is 0. The quantitative estimate of drug-likeness (QED) is 0.129. The van der Waals surface area contributed by atoms with E-state index in [9.17, 15) is 0 Å². The SMILES string of the molecule is C1=CC(c2ccc(-c3ccc(-c4nc(-c5ccc(-c6ccccc6)cc5)nc(-c5cccc6ccccc56)n4)cc3)cc2)CC(c2ccc(-c3ccccc3)c3c2-c2cccc4c(-c5ccc(-c6nc7ccccc7n6-c6ccccc6)cc5)ccc-3c24)=C1. The van der Waals surface area contributed by atoms with E-state index in [2.05, 4.69) is 314 Å². The number of hydrogen-bond donors (Lipinski definition) is 0. The predicted octanol–water partition coefficient (Wildman–Crippen LogP) is 21.6. The van der Waals surface area contributed by atoms with Crippen LogP contribution in [-0.2, 0) is 0 Å². The van der Waals surface area contributed by atoms with Gasteiger partial charge >= 0.3 is 0 Å². The van der Waals surface area contributed by atoms with Crippen molar-refractivity contribution in [3.63, 3.8) is 0 Å². The van der Waals surface area contributed by atoms with Crippen molar-refractivity contribution in [2.45, 2.75) is 12.3 Å². The Morgan fingerprint density at radius 2 is 0.798 bits per heavy atom. The van der Waals surface area contributed by atoms with Gasteiger partial charge < -0.3 is 0 Å². The maximum atomic E-state index is 5.17. The first-order chi connectivity index (χ1) is 44.1. The van der Waals surface area contributed by atoms with Crippen LogP contribution in [0.4, 0.5) is 0 Å². The summed E-state index contributed by atoms with van der Waals surface area (Å²) in [6.45, 7) is 0. The third kappa shape index (κ3) is 9.18. The maximum absolute atomic E-state index is 5.17. The molecule has 0 saturated heterocycles. The molecule has 15 aromatic rings. The molecule has 89 heavy (non-hydrogen) atoms. The highest BCUT2D eigenvalue weighted by atomic mass is 15.1. The first-order valence-corrected chi connectivity index (χ1v) is 30.5. The summed E-state index contributed by atoms with van der Waals surface area (Å²) in [6, 6.07) is 107. The zero-order valence-electron chi connectivity index (χ0n) is 48.5. The van der Waals surface area contributed by atoms with Crippen molar-refractivity contribution in [2.24, 2.45) is 0 Å². The minimum atomic E-state index is 0.206. The van der Waals surface area contributed by atoms with Crippen molar-refractivity contribution in [3.05, 3.63) is 327 Å². The van der Waals surface area contributed by atoms with E-state index in [-0.39, 0.29) is 5.92 Å². The van der Waals surface area contributed by atoms with E-state index >= 15 is 0 Å². The minimum absolute atomic E-state index is 0.206. The Bertz CT molecular complexity index is 5270. The minimum Gasteiger partial charge on any atom is -0.292 e. The summed E-state index contributed by atoms with van der Waals surface area (Å²) >= 11 is 0. The molecule has 416 valence electrons. The summed E-state index contributed by atoms with van der Waals surface area (Å²) in [5.74, 6) is 3.04. The van der Waals surface area contributed by atoms with E-state index in [0.717, 1.165) is 78.7 Å². The molecule has 0 aliphatic heterocycles. The number of allylic oxidation sites excluding steroid dienone is 4. The smallest absolute Gasteiger partial charge is 0.164 e. The lowest BCUT2D eigenvalue weighted by atomic mass is 9.81. The molecule has 5 nitrogen and oxygen atoms in total. The third-order valence-corrected chi connectivity index (χ3v) is 18.1. The Labute approximate surface area is 516 Å². The van der Waals surface area contributed by atoms with Gasteiger partial charge in [0.15, 0.2) is 17.5 Å². The summed E-state index contributed by atoms with van der Waals surface area (Å²) in [5.41, 5.74) is 25.6. The zero-order valence-corrected chi connectivity index (χ0v) is 48.5. The molecule has 2 aromatic heterocycles. The molecule has 1 atom stereocenters. The lowest BCUT2D eigenvalue weighted by molar-refractivity contribution is 0.868. The second-order valence-corrected chi connectivity index (χ2v) is 23.2. The highest BCUT2D eigenvalue weighted by Gasteiger charge is 2.30. The Morgan fingerprint density at radius 3 is 1.53 bits per heavy atom. The van der Waals surface area contributed by atoms with E-state index in [1.165, 1.54) is 77.5 Å². The summed E-state index contributed by atoms with van der Waals surface area (Å²) in [5, 5.41) is 4.80. The van der Waals surface area contributed by atoms with Gasteiger partial charge in [-0.2, -0.15) is 0 Å². The van der Waals surface area contributed by atoms with Gasteiger partial charge in [-0.3, -0.25) is 4.57 Å². The van der Waals surface area contributed by atoms with Gasteiger partial charge in [0.1, 0.15) is 5.82 Å².